The molecule has 0 heterocycles. The van der Waals surface area contributed by atoms with Gasteiger partial charge in [-0.25, -0.2) is 13.1 Å². The summed E-state index contributed by atoms with van der Waals surface area (Å²) in [4.78, 5) is 10.5. The zero-order chi connectivity index (χ0) is 13.8. The number of sulfonamides is 1. The largest absolute Gasteiger partial charge is 0.545 e. The van der Waals surface area contributed by atoms with Gasteiger partial charge in [-0.2, -0.15) is 0 Å². The Labute approximate surface area is 110 Å². The van der Waals surface area contributed by atoms with Crippen molar-refractivity contribution in [1.82, 2.24) is 4.72 Å². The Morgan fingerprint density at radius 2 is 2.17 bits per heavy atom. The van der Waals surface area contributed by atoms with E-state index in [9.17, 15) is 18.3 Å². The molecular weight excluding hydrogens is 282 g/mol. The second-order valence-corrected chi connectivity index (χ2v) is 5.49. The molecular formula is C10H11ClNO5S-. The third-order valence-corrected chi connectivity index (χ3v) is 3.85. The summed E-state index contributed by atoms with van der Waals surface area (Å²) in [5.74, 6) is -1.53. The van der Waals surface area contributed by atoms with Gasteiger partial charge >= 0.3 is 0 Å². The number of carboxylic acids is 1. The second kappa shape index (κ2) is 6.14. The Kier molecular flexibility index (Phi) is 5.09. The number of aromatic carboxylic acids is 1. The van der Waals surface area contributed by atoms with E-state index in [0.717, 1.165) is 6.07 Å². The summed E-state index contributed by atoms with van der Waals surface area (Å²) in [6, 6.07) is 3.36. The van der Waals surface area contributed by atoms with Gasteiger partial charge in [-0.05, 0) is 18.2 Å². The summed E-state index contributed by atoms with van der Waals surface area (Å²) in [7, 11) is -2.35. The van der Waals surface area contributed by atoms with Crippen LogP contribution in [0.25, 0.3) is 0 Å². The lowest BCUT2D eigenvalue weighted by Gasteiger charge is -2.10. The normalized spacial score (nSPS) is 11.4. The van der Waals surface area contributed by atoms with Gasteiger partial charge in [0.25, 0.3) is 0 Å². The van der Waals surface area contributed by atoms with Gasteiger partial charge in [0.15, 0.2) is 0 Å². The molecule has 1 aromatic carbocycles. The van der Waals surface area contributed by atoms with Gasteiger partial charge in [-0.15, -0.1) is 0 Å². The second-order valence-electron chi connectivity index (χ2n) is 3.32. The molecule has 0 unspecified atom stereocenters. The van der Waals surface area contributed by atoms with Gasteiger partial charge < -0.3 is 14.6 Å². The van der Waals surface area contributed by atoms with Crippen LogP contribution in [0.15, 0.2) is 23.1 Å². The van der Waals surface area contributed by atoms with Crippen LogP contribution in [-0.2, 0) is 14.8 Å². The molecule has 0 spiro atoms. The van der Waals surface area contributed by atoms with Crippen molar-refractivity contribution in [1.29, 1.82) is 0 Å². The molecule has 8 heteroatoms. The predicted octanol–water partition coefficient (Wildman–Crippen LogP) is -0.372. The van der Waals surface area contributed by atoms with E-state index in [0.29, 0.717) is 0 Å². The monoisotopic (exact) mass is 292 g/mol. The van der Waals surface area contributed by atoms with Crippen molar-refractivity contribution in [3.63, 3.8) is 0 Å². The van der Waals surface area contributed by atoms with E-state index in [1.807, 2.05) is 0 Å². The first kappa shape index (κ1) is 14.9. The fourth-order valence-corrected chi connectivity index (χ4v) is 2.42. The molecule has 18 heavy (non-hydrogen) atoms. The fraction of sp³-hybridized carbons (Fsp3) is 0.300. The molecule has 0 atom stereocenters. The highest BCUT2D eigenvalue weighted by atomic mass is 35.5. The third-order valence-electron chi connectivity index (χ3n) is 2.07. The van der Waals surface area contributed by atoms with Crippen LogP contribution >= 0.6 is 11.6 Å². The molecule has 0 radical (unpaired) electrons. The minimum absolute atomic E-state index is 0.0779. The number of rotatable bonds is 6. The molecule has 0 bridgehead atoms. The van der Waals surface area contributed by atoms with Crippen molar-refractivity contribution in [3.05, 3.63) is 28.8 Å². The Morgan fingerprint density at radius 1 is 1.50 bits per heavy atom. The Balaban J connectivity index is 3.02. The van der Waals surface area contributed by atoms with Crippen LogP contribution in [0.1, 0.15) is 10.4 Å². The standard InChI is InChI=1S/C10H12ClNO5S/c1-17-5-4-12-18(15,16)7-2-3-9(11)8(6-7)10(13)14/h2-3,6,12H,4-5H2,1H3,(H,13,14)/p-1. The van der Waals surface area contributed by atoms with Crippen LogP contribution in [-0.4, -0.2) is 34.6 Å². The van der Waals surface area contributed by atoms with Crippen LogP contribution in [0.3, 0.4) is 0 Å². The van der Waals surface area contributed by atoms with Gasteiger partial charge in [0, 0.05) is 24.2 Å². The maximum atomic E-state index is 11.8. The molecule has 0 aliphatic rings. The Hall–Kier alpha value is -1.15. The van der Waals surface area contributed by atoms with Crippen LogP contribution in [0, 0.1) is 0 Å². The highest BCUT2D eigenvalue weighted by molar-refractivity contribution is 7.89. The molecule has 0 aliphatic carbocycles. The lowest BCUT2D eigenvalue weighted by Crippen LogP contribution is -2.28. The van der Waals surface area contributed by atoms with Gasteiger partial charge in [-0.1, -0.05) is 11.6 Å². The van der Waals surface area contributed by atoms with E-state index < -0.39 is 16.0 Å². The van der Waals surface area contributed by atoms with Gasteiger partial charge in [0.05, 0.1) is 17.5 Å². The minimum atomic E-state index is -3.79. The lowest BCUT2D eigenvalue weighted by molar-refractivity contribution is -0.255. The molecule has 0 aliphatic heterocycles. The van der Waals surface area contributed by atoms with E-state index in [1.165, 1.54) is 19.2 Å². The van der Waals surface area contributed by atoms with E-state index in [-0.39, 0.29) is 28.6 Å². The number of carbonyl (C=O) groups excluding carboxylic acids is 1. The van der Waals surface area contributed by atoms with E-state index >= 15 is 0 Å². The average Bonchev–Trinajstić information content (AvgIpc) is 2.29. The highest BCUT2D eigenvalue weighted by Crippen LogP contribution is 2.19. The zero-order valence-corrected chi connectivity index (χ0v) is 11.0. The molecule has 1 aromatic rings. The van der Waals surface area contributed by atoms with Crippen LogP contribution in [0.2, 0.25) is 5.02 Å². The number of hydrogen-bond acceptors (Lipinski definition) is 5. The maximum Gasteiger partial charge on any atom is 0.240 e. The molecule has 0 aromatic heterocycles. The molecule has 0 fully saturated rings. The Morgan fingerprint density at radius 3 is 2.72 bits per heavy atom. The number of benzene rings is 1. The van der Waals surface area contributed by atoms with Gasteiger partial charge in [0.2, 0.25) is 10.0 Å². The van der Waals surface area contributed by atoms with E-state index in [4.69, 9.17) is 16.3 Å². The summed E-state index contributed by atoms with van der Waals surface area (Å²) in [5.41, 5.74) is -0.369. The molecule has 1 rings (SSSR count). The third kappa shape index (κ3) is 3.67. The summed E-state index contributed by atoms with van der Waals surface area (Å²) < 4.78 is 30.5. The molecule has 0 saturated heterocycles. The van der Waals surface area contributed by atoms with Crippen LogP contribution < -0.4 is 9.83 Å². The molecule has 100 valence electrons. The molecule has 1 N–H and O–H groups in total. The maximum absolute atomic E-state index is 11.8. The van der Waals surface area contributed by atoms with E-state index in [2.05, 4.69) is 4.72 Å². The van der Waals surface area contributed by atoms with Crippen molar-refractivity contribution in [2.45, 2.75) is 4.90 Å². The van der Waals surface area contributed by atoms with E-state index in [1.54, 1.807) is 0 Å². The first-order chi connectivity index (χ1) is 8.38. The average molecular weight is 293 g/mol. The topological polar surface area (TPSA) is 95.5 Å². The number of ether oxygens (including phenoxy) is 1. The smallest absolute Gasteiger partial charge is 0.240 e. The van der Waals surface area contributed by atoms with Crippen molar-refractivity contribution in [3.8, 4) is 0 Å². The summed E-state index contributed by atoms with van der Waals surface area (Å²) in [5, 5.41) is 10.7. The number of nitrogens with one attached hydrogen (secondary N) is 1. The number of methoxy groups -OCH3 is 1. The number of halogens is 1. The van der Waals surface area contributed by atoms with Gasteiger partial charge in [0.1, 0.15) is 0 Å². The van der Waals surface area contributed by atoms with Crippen molar-refractivity contribution in [2.75, 3.05) is 20.3 Å². The summed E-state index contributed by atoms with van der Waals surface area (Å²) in [6.07, 6.45) is 0. The molecule has 0 amide bonds. The molecule has 6 nitrogen and oxygen atoms in total. The summed E-state index contributed by atoms with van der Waals surface area (Å²) in [6.45, 7) is 0.294. The van der Waals surface area contributed by atoms with Crippen molar-refractivity contribution < 1.29 is 23.1 Å². The lowest BCUT2D eigenvalue weighted by atomic mass is 10.2. The Bertz CT molecular complexity index is 543. The number of hydrogen-bond donors (Lipinski definition) is 1. The quantitative estimate of drug-likeness (QED) is 0.722. The SMILES string of the molecule is COCCNS(=O)(=O)c1ccc(Cl)c(C(=O)[O-])c1. The number of carboxylic acid groups (broad SMARTS) is 1. The highest BCUT2D eigenvalue weighted by Gasteiger charge is 2.15. The minimum Gasteiger partial charge on any atom is -0.545 e. The predicted molar refractivity (Wildman–Crippen MR) is 62.8 cm³/mol. The van der Waals surface area contributed by atoms with Gasteiger partial charge in [-0.3, -0.25) is 0 Å². The van der Waals surface area contributed by atoms with Crippen molar-refractivity contribution in [2.24, 2.45) is 0 Å². The first-order valence-corrected chi connectivity index (χ1v) is 6.74. The van der Waals surface area contributed by atoms with Crippen molar-refractivity contribution >= 4 is 27.6 Å². The first-order valence-electron chi connectivity index (χ1n) is 4.88. The zero-order valence-electron chi connectivity index (χ0n) is 9.47. The van der Waals surface area contributed by atoms with Crippen LogP contribution in [0.5, 0.6) is 0 Å². The fourth-order valence-electron chi connectivity index (χ4n) is 1.19. The van der Waals surface area contributed by atoms with Crippen LogP contribution in [0.4, 0.5) is 0 Å². The number of carbonyl (C=O) groups is 1. The summed E-state index contributed by atoms with van der Waals surface area (Å²) >= 11 is 5.61. The molecule has 0 saturated carbocycles.